The molecule has 0 N–H and O–H groups in total. The van der Waals surface area contributed by atoms with Gasteiger partial charge in [0.25, 0.3) is 7.37 Å². The molecule has 0 saturated carbocycles. The summed E-state index contributed by atoms with van der Waals surface area (Å²) in [6.07, 6.45) is 2.57. The van der Waals surface area contributed by atoms with Crippen molar-refractivity contribution in [2.45, 2.75) is 19.8 Å². The fraction of sp³-hybridized carbons (Fsp3) is 0.250. The van der Waals surface area contributed by atoms with Gasteiger partial charge < -0.3 is 4.52 Å². The highest BCUT2D eigenvalue weighted by Crippen LogP contribution is 2.54. The van der Waals surface area contributed by atoms with Gasteiger partial charge in [0.15, 0.2) is 0 Å². The molecule has 1 atom stereocenters. The van der Waals surface area contributed by atoms with Gasteiger partial charge in [0.05, 0.1) is 5.30 Å². The summed E-state index contributed by atoms with van der Waals surface area (Å²) in [6, 6.07) is 15.8. The summed E-state index contributed by atoms with van der Waals surface area (Å²) in [5.74, 6) is 0.751. The highest BCUT2D eigenvalue weighted by Gasteiger charge is 2.34. The van der Waals surface area contributed by atoms with Crippen molar-refractivity contribution < 1.29 is 9.09 Å². The van der Waals surface area contributed by atoms with Crippen molar-refractivity contribution in [1.29, 1.82) is 0 Å². The van der Waals surface area contributed by atoms with Crippen molar-refractivity contribution in [2.24, 2.45) is 0 Å². The zero-order valence-corrected chi connectivity index (χ0v) is 11.9. The van der Waals surface area contributed by atoms with Crippen LogP contribution in [-0.2, 0) is 4.57 Å². The predicted octanol–water partition coefficient (Wildman–Crippen LogP) is 4.45. The summed E-state index contributed by atoms with van der Waals surface area (Å²) in [5.41, 5.74) is 2.10. The second-order valence-electron chi connectivity index (χ2n) is 4.86. The third kappa shape index (κ3) is 2.11. The lowest BCUT2D eigenvalue weighted by molar-refractivity contribution is 0.489. The van der Waals surface area contributed by atoms with Crippen LogP contribution in [0.2, 0.25) is 0 Å². The zero-order chi connectivity index (χ0) is 13.3. The summed E-state index contributed by atoms with van der Waals surface area (Å²) in [4.78, 5) is 0. The van der Waals surface area contributed by atoms with E-state index in [1.54, 1.807) is 0 Å². The molecule has 0 saturated heterocycles. The molecule has 2 aromatic carbocycles. The number of unbranched alkanes of at least 4 members (excludes halogenated alkanes) is 1. The van der Waals surface area contributed by atoms with Gasteiger partial charge in [-0.1, -0.05) is 49.7 Å². The average molecular weight is 272 g/mol. The average Bonchev–Trinajstić information content (AvgIpc) is 2.46. The SMILES string of the molecule is CCCCP1(=O)Oc2ccccc2-c2ccccc21. The monoisotopic (exact) mass is 272 g/mol. The second-order valence-corrected chi connectivity index (χ2v) is 7.31. The first-order valence-corrected chi connectivity index (χ1v) is 8.53. The third-order valence-corrected chi connectivity index (χ3v) is 6.02. The molecule has 1 heterocycles. The minimum absolute atomic E-state index is 0.620. The predicted molar refractivity (Wildman–Crippen MR) is 79.5 cm³/mol. The second kappa shape index (κ2) is 4.86. The zero-order valence-electron chi connectivity index (χ0n) is 11.0. The smallest absolute Gasteiger partial charge is 0.277 e. The van der Waals surface area contributed by atoms with Crippen molar-refractivity contribution in [3.63, 3.8) is 0 Å². The van der Waals surface area contributed by atoms with E-state index in [1.165, 1.54) is 0 Å². The summed E-state index contributed by atoms with van der Waals surface area (Å²) >= 11 is 0. The Bertz CT molecular complexity index is 649. The normalized spacial score (nSPS) is 20.3. The topological polar surface area (TPSA) is 26.3 Å². The molecule has 0 amide bonds. The number of hydrogen-bond donors (Lipinski definition) is 0. The maximum absolute atomic E-state index is 13.2. The number of benzene rings is 2. The number of para-hydroxylation sites is 1. The lowest BCUT2D eigenvalue weighted by atomic mass is 10.0. The standard InChI is InChI=1S/C16H17O2P/c1-2-3-12-19(17)16-11-7-5-9-14(16)13-8-4-6-10-15(13)18-19/h4-11H,2-3,12H2,1H3. The minimum Gasteiger partial charge on any atom is -0.439 e. The van der Waals surface area contributed by atoms with Crippen LogP contribution in [0.4, 0.5) is 0 Å². The first kappa shape index (κ1) is 12.5. The van der Waals surface area contributed by atoms with Gasteiger partial charge in [-0.15, -0.1) is 0 Å². The van der Waals surface area contributed by atoms with Crippen molar-refractivity contribution in [3.05, 3.63) is 48.5 Å². The molecule has 1 aliphatic rings. The Morgan fingerprint density at radius 1 is 1.00 bits per heavy atom. The molecule has 0 radical (unpaired) electrons. The molecular weight excluding hydrogens is 255 g/mol. The summed E-state index contributed by atoms with van der Waals surface area (Å²) in [5, 5.41) is 0.877. The van der Waals surface area contributed by atoms with Gasteiger partial charge in [0, 0.05) is 11.7 Å². The fourth-order valence-corrected chi connectivity index (χ4v) is 5.02. The van der Waals surface area contributed by atoms with Gasteiger partial charge in [-0.3, -0.25) is 4.57 Å². The van der Waals surface area contributed by atoms with Crippen LogP contribution in [0.1, 0.15) is 19.8 Å². The van der Waals surface area contributed by atoms with Crippen molar-refractivity contribution in [2.75, 3.05) is 6.16 Å². The Balaban J connectivity index is 2.17. The quantitative estimate of drug-likeness (QED) is 0.772. The number of hydrogen-bond acceptors (Lipinski definition) is 2. The van der Waals surface area contributed by atoms with E-state index in [0.717, 1.165) is 35.0 Å². The molecule has 1 aliphatic heterocycles. The molecule has 0 fully saturated rings. The van der Waals surface area contributed by atoms with E-state index in [0.29, 0.717) is 6.16 Å². The number of fused-ring (bicyclic) bond motifs is 3. The van der Waals surface area contributed by atoms with E-state index in [2.05, 4.69) is 6.92 Å². The molecule has 3 rings (SSSR count). The lowest BCUT2D eigenvalue weighted by Crippen LogP contribution is -2.19. The van der Waals surface area contributed by atoms with Crippen molar-refractivity contribution in [1.82, 2.24) is 0 Å². The maximum atomic E-state index is 13.2. The Hall–Kier alpha value is -1.53. The van der Waals surface area contributed by atoms with Crippen LogP contribution < -0.4 is 9.83 Å². The Morgan fingerprint density at radius 3 is 2.47 bits per heavy atom. The maximum Gasteiger partial charge on any atom is 0.277 e. The van der Waals surface area contributed by atoms with E-state index >= 15 is 0 Å². The third-order valence-electron chi connectivity index (χ3n) is 3.50. The molecule has 3 heteroatoms. The van der Waals surface area contributed by atoms with Crippen molar-refractivity contribution in [3.8, 4) is 16.9 Å². The largest absolute Gasteiger partial charge is 0.439 e. The first-order valence-electron chi connectivity index (χ1n) is 6.72. The minimum atomic E-state index is -2.75. The van der Waals surface area contributed by atoms with Gasteiger partial charge in [0.1, 0.15) is 5.75 Å². The van der Waals surface area contributed by atoms with E-state index < -0.39 is 7.37 Å². The molecule has 19 heavy (non-hydrogen) atoms. The van der Waals surface area contributed by atoms with Crippen LogP contribution in [0.3, 0.4) is 0 Å². The molecule has 1 unspecified atom stereocenters. The molecular formula is C16H17O2P. The molecule has 0 spiro atoms. The van der Waals surface area contributed by atoms with Gasteiger partial charge in [-0.2, -0.15) is 0 Å². The Labute approximate surface area is 113 Å². The van der Waals surface area contributed by atoms with Crippen LogP contribution in [0, 0.1) is 0 Å². The molecule has 0 aliphatic carbocycles. The van der Waals surface area contributed by atoms with E-state index in [4.69, 9.17) is 4.52 Å². The van der Waals surface area contributed by atoms with E-state index in [-0.39, 0.29) is 0 Å². The summed E-state index contributed by atoms with van der Waals surface area (Å²) in [6.45, 7) is 2.11. The van der Waals surface area contributed by atoms with Gasteiger partial charge in [-0.25, -0.2) is 0 Å². The summed E-state index contributed by atoms with van der Waals surface area (Å²) < 4.78 is 19.1. The Kier molecular flexibility index (Phi) is 3.20. The molecule has 2 nitrogen and oxygen atoms in total. The molecule has 98 valence electrons. The molecule has 2 aromatic rings. The lowest BCUT2D eigenvalue weighted by Gasteiger charge is -2.28. The van der Waals surface area contributed by atoms with Gasteiger partial charge in [0.2, 0.25) is 0 Å². The van der Waals surface area contributed by atoms with Gasteiger partial charge in [-0.05, 0) is 24.1 Å². The van der Waals surface area contributed by atoms with Crippen molar-refractivity contribution >= 4 is 12.7 Å². The fourth-order valence-electron chi connectivity index (χ4n) is 2.51. The first-order chi connectivity index (χ1) is 9.24. The van der Waals surface area contributed by atoms with E-state index in [1.807, 2.05) is 48.5 Å². The van der Waals surface area contributed by atoms with Gasteiger partial charge >= 0.3 is 0 Å². The van der Waals surface area contributed by atoms with Crippen LogP contribution in [0.25, 0.3) is 11.1 Å². The molecule has 0 aromatic heterocycles. The highest BCUT2D eigenvalue weighted by atomic mass is 31.2. The Morgan fingerprint density at radius 2 is 1.68 bits per heavy atom. The van der Waals surface area contributed by atoms with E-state index in [9.17, 15) is 4.57 Å². The highest BCUT2D eigenvalue weighted by molar-refractivity contribution is 7.67. The van der Waals surface area contributed by atoms with Crippen LogP contribution in [0.5, 0.6) is 5.75 Å². The van der Waals surface area contributed by atoms with Crippen LogP contribution in [-0.4, -0.2) is 6.16 Å². The number of rotatable bonds is 3. The van der Waals surface area contributed by atoms with Crippen LogP contribution in [0.15, 0.2) is 48.5 Å². The summed E-state index contributed by atoms with van der Waals surface area (Å²) in [7, 11) is -2.75. The van der Waals surface area contributed by atoms with Crippen LogP contribution >= 0.6 is 7.37 Å². The molecule has 0 bridgehead atoms.